The zero-order valence-electron chi connectivity index (χ0n) is 26.4. The van der Waals surface area contributed by atoms with Crippen LogP contribution < -0.4 is 20.3 Å². The Morgan fingerprint density at radius 2 is 1.95 bits per heavy atom. The fourth-order valence-corrected chi connectivity index (χ4v) is 6.58. The van der Waals surface area contributed by atoms with E-state index in [-0.39, 0.29) is 46.9 Å². The lowest BCUT2D eigenvalue weighted by Crippen LogP contribution is -2.61. The van der Waals surface area contributed by atoms with Crippen molar-refractivity contribution < 1.29 is 23.5 Å². The average molecular weight is 612 g/mol. The summed E-state index contributed by atoms with van der Waals surface area (Å²) in [5.74, 6) is 0.639. The third-order valence-corrected chi connectivity index (χ3v) is 9.05. The summed E-state index contributed by atoms with van der Waals surface area (Å²) in [5, 5.41) is 5.76. The maximum Gasteiger partial charge on any atom is 0.315 e. The molecule has 1 aromatic carbocycles. The molecular formula is C32H46FN7O4. The standard InChI is InChI=1S/C32H46FN7O4/c1-5-35-31(42)37-24-8-9-25(43-18-24)17-38-13-11-32(12-14-38)19-39(20-32)29-28(16-34-21-36-29)44-27-10-7-23(33)15-26(27)30(41)40(6-2)22(3)4/h7,10,15-16,21-22,24-25H,5-6,8-9,11-14,17-20H2,1-4H3,(H2,35,37,42)/t24-,25+/m1/s1. The molecule has 5 rings (SSSR count). The maximum atomic E-state index is 14.2. The summed E-state index contributed by atoms with van der Waals surface area (Å²) < 4.78 is 26.6. The van der Waals surface area contributed by atoms with Gasteiger partial charge in [-0.2, -0.15) is 0 Å². The molecule has 44 heavy (non-hydrogen) atoms. The highest BCUT2D eigenvalue weighted by Crippen LogP contribution is 2.45. The van der Waals surface area contributed by atoms with Gasteiger partial charge in [0.1, 0.15) is 17.9 Å². The van der Waals surface area contributed by atoms with Crippen LogP contribution in [0.1, 0.15) is 63.7 Å². The van der Waals surface area contributed by atoms with Gasteiger partial charge < -0.3 is 34.8 Å². The first-order valence-electron chi connectivity index (χ1n) is 15.9. The van der Waals surface area contributed by atoms with Gasteiger partial charge in [-0.1, -0.05) is 0 Å². The smallest absolute Gasteiger partial charge is 0.315 e. The van der Waals surface area contributed by atoms with Crippen LogP contribution in [0, 0.1) is 11.2 Å². The van der Waals surface area contributed by atoms with E-state index in [4.69, 9.17) is 9.47 Å². The first-order valence-corrected chi connectivity index (χ1v) is 15.9. The van der Waals surface area contributed by atoms with Crippen LogP contribution in [0.2, 0.25) is 0 Å². The van der Waals surface area contributed by atoms with E-state index in [1.165, 1.54) is 24.5 Å². The molecule has 3 saturated heterocycles. The quantitative estimate of drug-likeness (QED) is 0.414. The number of anilines is 1. The van der Waals surface area contributed by atoms with Crippen LogP contribution in [-0.2, 0) is 4.74 Å². The second-order valence-electron chi connectivity index (χ2n) is 12.5. The summed E-state index contributed by atoms with van der Waals surface area (Å²) in [6, 6.07) is 3.94. The molecule has 0 bridgehead atoms. The number of hydrogen-bond acceptors (Lipinski definition) is 8. The number of carbonyl (C=O) groups excluding carboxylic acids is 2. The first kappa shape index (κ1) is 31.9. The molecule has 12 heteroatoms. The van der Waals surface area contributed by atoms with Crippen LogP contribution >= 0.6 is 0 Å². The maximum absolute atomic E-state index is 14.2. The lowest BCUT2D eigenvalue weighted by atomic mass is 9.72. The van der Waals surface area contributed by atoms with Crippen molar-refractivity contribution in [3.05, 3.63) is 42.1 Å². The Kier molecular flexibility index (Phi) is 10.2. The zero-order chi connectivity index (χ0) is 31.3. The highest BCUT2D eigenvalue weighted by atomic mass is 19.1. The van der Waals surface area contributed by atoms with E-state index in [0.717, 1.165) is 58.4 Å². The van der Waals surface area contributed by atoms with Gasteiger partial charge in [-0.3, -0.25) is 4.79 Å². The van der Waals surface area contributed by atoms with Crippen molar-refractivity contribution in [2.75, 3.05) is 57.3 Å². The number of rotatable bonds is 10. The second kappa shape index (κ2) is 14.1. The molecule has 4 heterocycles. The predicted octanol–water partition coefficient (Wildman–Crippen LogP) is 4.05. The van der Waals surface area contributed by atoms with Crippen LogP contribution in [0.15, 0.2) is 30.7 Å². The number of amides is 3. The Morgan fingerprint density at radius 1 is 1.18 bits per heavy atom. The van der Waals surface area contributed by atoms with Gasteiger partial charge in [0.25, 0.3) is 5.91 Å². The highest BCUT2D eigenvalue weighted by molar-refractivity contribution is 5.97. The van der Waals surface area contributed by atoms with Gasteiger partial charge >= 0.3 is 6.03 Å². The molecule has 240 valence electrons. The number of likely N-dealkylation sites (tertiary alicyclic amines) is 1. The summed E-state index contributed by atoms with van der Waals surface area (Å²) in [7, 11) is 0. The van der Waals surface area contributed by atoms with E-state index in [1.54, 1.807) is 11.1 Å². The Morgan fingerprint density at radius 3 is 2.61 bits per heavy atom. The fourth-order valence-electron chi connectivity index (χ4n) is 6.58. The zero-order valence-corrected chi connectivity index (χ0v) is 26.4. The minimum absolute atomic E-state index is 0.0344. The van der Waals surface area contributed by atoms with E-state index < -0.39 is 5.82 Å². The van der Waals surface area contributed by atoms with E-state index in [1.807, 2.05) is 27.7 Å². The minimum Gasteiger partial charge on any atom is -0.451 e. The second-order valence-corrected chi connectivity index (χ2v) is 12.5. The van der Waals surface area contributed by atoms with Crippen molar-refractivity contribution in [2.45, 2.75) is 71.6 Å². The molecule has 0 saturated carbocycles. The molecule has 2 N–H and O–H groups in total. The summed E-state index contributed by atoms with van der Waals surface area (Å²) in [4.78, 5) is 40.2. The largest absolute Gasteiger partial charge is 0.451 e. The Labute approximate surface area is 259 Å². The van der Waals surface area contributed by atoms with Crippen molar-refractivity contribution in [1.82, 2.24) is 30.4 Å². The van der Waals surface area contributed by atoms with Gasteiger partial charge in [0.2, 0.25) is 0 Å². The molecule has 2 atom stereocenters. The first-order chi connectivity index (χ1) is 21.2. The van der Waals surface area contributed by atoms with Crippen LogP contribution in [0.4, 0.5) is 15.0 Å². The normalized spacial score (nSPS) is 21.5. The number of aromatic nitrogens is 2. The molecule has 3 amide bonds. The van der Waals surface area contributed by atoms with E-state index in [2.05, 4.69) is 30.4 Å². The third-order valence-electron chi connectivity index (χ3n) is 9.05. The number of benzene rings is 1. The Hall–Kier alpha value is -3.51. The molecule has 3 fully saturated rings. The van der Waals surface area contributed by atoms with Gasteiger partial charge in [0.15, 0.2) is 11.6 Å². The lowest BCUT2D eigenvalue weighted by molar-refractivity contribution is -0.0312. The number of urea groups is 1. The van der Waals surface area contributed by atoms with E-state index >= 15 is 0 Å². The number of halogens is 1. The van der Waals surface area contributed by atoms with Crippen molar-refractivity contribution in [3.63, 3.8) is 0 Å². The number of nitrogens with zero attached hydrogens (tertiary/aromatic N) is 5. The SMILES string of the molecule is CCNC(=O)N[C@@H]1CC[C@@H](CN2CCC3(CC2)CN(c2ncncc2Oc2ccc(F)cc2C(=O)N(CC)C(C)C)C3)OC1. The Balaban J connectivity index is 1.15. The van der Waals surface area contributed by atoms with E-state index in [9.17, 15) is 14.0 Å². The predicted molar refractivity (Wildman–Crippen MR) is 166 cm³/mol. The summed E-state index contributed by atoms with van der Waals surface area (Å²) in [6.45, 7) is 14.0. The number of piperidine rings is 1. The van der Waals surface area contributed by atoms with Crippen molar-refractivity contribution in [1.29, 1.82) is 0 Å². The van der Waals surface area contributed by atoms with Crippen LogP contribution in [0.3, 0.4) is 0 Å². The molecule has 3 aliphatic heterocycles. The molecule has 1 spiro atoms. The topological polar surface area (TPSA) is 112 Å². The molecule has 0 radical (unpaired) electrons. The van der Waals surface area contributed by atoms with Crippen molar-refractivity contribution in [2.24, 2.45) is 5.41 Å². The molecule has 11 nitrogen and oxygen atoms in total. The lowest BCUT2D eigenvalue weighted by Gasteiger charge is -2.54. The number of carbonyl (C=O) groups is 2. The highest BCUT2D eigenvalue weighted by Gasteiger charge is 2.46. The van der Waals surface area contributed by atoms with Crippen molar-refractivity contribution in [3.8, 4) is 11.5 Å². The summed E-state index contributed by atoms with van der Waals surface area (Å²) in [6.07, 6.45) is 7.37. The summed E-state index contributed by atoms with van der Waals surface area (Å²) in [5.41, 5.74) is 0.405. The minimum atomic E-state index is -0.492. The summed E-state index contributed by atoms with van der Waals surface area (Å²) >= 11 is 0. The van der Waals surface area contributed by atoms with Crippen LogP contribution in [-0.4, -0.2) is 102 Å². The van der Waals surface area contributed by atoms with Gasteiger partial charge in [-0.25, -0.2) is 19.2 Å². The van der Waals surface area contributed by atoms with Gasteiger partial charge in [0, 0.05) is 44.2 Å². The Bertz CT molecular complexity index is 1290. The number of nitrogens with one attached hydrogen (secondary N) is 2. The monoisotopic (exact) mass is 611 g/mol. The van der Waals surface area contributed by atoms with Gasteiger partial charge in [0.05, 0.1) is 30.5 Å². The molecular weight excluding hydrogens is 565 g/mol. The van der Waals surface area contributed by atoms with E-state index in [0.29, 0.717) is 31.3 Å². The fraction of sp³-hybridized carbons (Fsp3) is 0.625. The average Bonchev–Trinajstić information content (AvgIpc) is 2.99. The molecule has 0 unspecified atom stereocenters. The molecule has 2 aromatic rings. The van der Waals surface area contributed by atoms with Gasteiger partial charge in [-0.15, -0.1) is 0 Å². The third kappa shape index (κ3) is 7.40. The van der Waals surface area contributed by atoms with Gasteiger partial charge in [-0.05, 0) is 84.7 Å². The molecule has 1 aromatic heterocycles. The molecule has 3 aliphatic rings. The number of ether oxygens (including phenoxy) is 2. The molecule has 0 aliphatic carbocycles. The van der Waals surface area contributed by atoms with Crippen LogP contribution in [0.5, 0.6) is 11.5 Å². The van der Waals surface area contributed by atoms with Crippen molar-refractivity contribution >= 4 is 17.8 Å². The number of hydrogen-bond donors (Lipinski definition) is 2. The van der Waals surface area contributed by atoms with Crippen LogP contribution in [0.25, 0.3) is 0 Å².